The van der Waals surface area contributed by atoms with Crippen LogP contribution in [-0.4, -0.2) is 18.5 Å². The summed E-state index contributed by atoms with van der Waals surface area (Å²) in [6.45, 7) is 7.95. The highest BCUT2D eigenvalue weighted by Gasteiger charge is 2.09. The van der Waals surface area contributed by atoms with Gasteiger partial charge in [-0.15, -0.1) is 0 Å². The van der Waals surface area contributed by atoms with Crippen LogP contribution in [0.5, 0.6) is 0 Å². The fourth-order valence-electron chi connectivity index (χ4n) is 2.69. The summed E-state index contributed by atoms with van der Waals surface area (Å²) in [6.07, 6.45) is 7.68. The predicted molar refractivity (Wildman–Crippen MR) is 90.9 cm³/mol. The van der Waals surface area contributed by atoms with E-state index in [0.717, 1.165) is 32.4 Å². The van der Waals surface area contributed by atoms with Gasteiger partial charge >= 0.3 is 0 Å². The first-order chi connectivity index (χ1) is 10.1. The van der Waals surface area contributed by atoms with Gasteiger partial charge in [-0.1, -0.05) is 49.9 Å². The summed E-state index contributed by atoms with van der Waals surface area (Å²) in [7, 11) is 2.16. The van der Waals surface area contributed by atoms with E-state index in [1.54, 1.807) is 0 Å². The standard InChI is InChI=1S/C19H26N2/c1-4-16-8-10-17(11-9-16)13-21(3)14-18-6-5-7-19(12-18)15(2)20/h6,8-12H,2,4-5,7,13-14,20H2,1,3H3. The van der Waals surface area contributed by atoms with Crippen LogP contribution in [0.1, 0.15) is 30.9 Å². The Kier molecular flexibility index (Phi) is 5.40. The third kappa shape index (κ3) is 4.61. The molecule has 21 heavy (non-hydrogen) atoms. The molecule has 112 valence electrons. The fourth-order valence-corrected chi connectivity index (χ4v) is 2.69. The van der Waals surface area contributed by atoms with Gasteiger partial charge in [0.2, 0.25) is 0 Å². The van der Waals surface area contributed by atoms with Crippen LogP contribution in [0.15, 0.2) is 59.8 Å². The van der Waals surface area contributed by atoms with Crippen molar-refractivity contribution in [3.63, 3.8) is 0 Å². The molecule has 1 aliphatic rings. The second-order valence-corrected chi connectivity index (χ2v) is 5.85. The van der Waals surface area contributed by atoms with E-state index in [9.17, 15) is 0 Å². The number of hydrogen-bond acceptors (Lipinski definition) is 2. The Morgan fingerprint density at radius 2 is 1.86 bits per heavy atom. The van der Waals surface area contributed by atoms with Gasteiger partial charge in [-0.05, 0) is 48.6 Å². The van der Waals surface area contributed by atoms with Crippen molar-refractivity contribution in [1.29, 1.82) is 0 Å². The van der Waals surface area contributed by atoms with E-state index < -0.39 is 0 Å². The van der Waals surface area contributed by atoms with Gasteiger partial charge in [0.1, 0.15) is 0 Å². The van der Waals surface area contributed by atoms with Gasteiger partial charge in [-0.2, -0.15) is 0 Å². The molecule has 0 bridgehead atoms. The third-order valence-corrected chi connectivity index (χ3v) is 3.93. The summed E-state index contributed by atoms with van der Waals surface area (Å²) in [4.78, 5) is 2.34. The number of likely N-dealkylation sites (N-methyl/N-ethyl adjacent to an activating group) is 1. The Balaban J connectivity index is 1.93. The zero-order valence-corrected chi connectivity index (χ0v) is 13.2. The molecule has 1 aromatic carbocycles. The second-order valence-electron chi connectivity index (χ2n) is 5.85. The Hall–Kier alpha value is -1.80. The van der Waals surface area contributed by atoms with Crippen molar-refractivity contribution in [2.45, 2.75) is 32.7 Å². The average Bonchev–Trinajstić information content (AvgIpc) is 2.48. The average molecular weight is 282 g/mol. The number of rotatable bonds is 6. The molecule has 1 aliphatic carbocycles. The summed E-state index contributed by atoms with van der Waals surface area (Å²) in [5.74, 6) is 0. The largest absolute Gasteiger partial charge is 0.399 e. The quantitative estimate of drug-likeness (QED) is 0.860. The van der Waals surface area contributed by atoms with E-state index in [4.69, 9.17) is 5.73 Å². The number of allylic oxidation sites excluding steroid dienone is 2. The molecule has 0 radical (unpaired) electrons. The molecule has 0 aromatic heterocycles. The molecule has 0 amide bonds. The highest BCUT2D eigenvalue weighted by molar-refractivity contribution is 5.38. The number of benzene rings is 1. The minimum absolute atomic E-state index is 0.707. The van der Waals surface area contributed by atoms with Crippen LogP contribution in [0.4, 0.5) is 0 Å². The van der Waals surface area contributed by atoms with E-state index in [0.29, 0.717) is 5.70 Å². The molecule has 2 rings (SSSR count). The molecular formula is C19H26N2. The zero-order chi connectivity index (χ0) is 15.2. The lowest BCUT2D eigenvalue weighted by atomic mass is 9.97. The molecule has 2 N–H and O–H groups in total. The van der Waals surface area contributed by atoms with Crippen LogP contribution in [0.25, 0.3) is 0 Å². The van der Waals surface area contributed by atoms with Crippen molar-refractivity contribution in [3.05, 3.63) is 71.0 Å². The molecule has 0 heterocycles. The minimum atomic E-state index is 0.707. The van der Waals surface area contributed by atoms with Crippen LogP contribution in [0, 0.1) is 0 Å². The highest BCUT2D eigenvalue weighted by atomic mass is 15.1. The van der Waals surface area contributed by atoms with Crippen molar-refractivity contribution in [2.75, 3.05) is 13.6 Å². The number of hydrogen-bond donors (Lipinski definition) is 1. The van der Waals surface area contributed by atoms with Gasteiger partial charge in [0.15, 0.2) is 0 Å². The Bertz CT molecular complexity index is 549. The molecule has 2 nitrogen and oxygen atoms in total. The lowest BCUT2D eigenvalue weighted by Gasteiger charge is -2.20. The second kappa shape index (κ2) is 7.28. The van der Waals surface area contributed by atoms with Crippen molar-refractivity contribution in [2.24, 2.45) is 5.73 Å². The number of nitrogens with zero attached hydrogens (tertiary/aromatic N) is 1. The molecule has 2 heteroatoms. The van der Waals surface area contributed by atoms with E-state index in [-0.39, 0.29) is 0 Å². The maximum atomic E-state index is 5.81. The molecule has 0 unspecified atom stereocenters. The summed E-state index contributed by atoms with van der Waals surface area (Å²) >= 11 is 0. The summed E-state index contributed by atoms with van der Waals surface area (Å²) in [5.41, 5.74) is 11.8. The minimum Gasteiger partial charge on any atom is -0.399 e. The topological polar surface area (TPSA) is 29.3 Å². The maximum Gasteiger partial charge on any atom is 0.0273 e. The van der Waals surface area contributed by atoms with Crippen molar-refractivity contribution in [3.8, 4) is 0 Å². The van der Waals surface area contributed by atoms with Gasteiger partial charge in [-0.3, -0.25) is 4.90 Å². The Labute approximate surface area is 128 Å². The normalized spacial score (nSPS) is 14.8. The lowest BCUT2D eigenvalue weighted by molar-refractivity contribution is 0.357. The van der Waals surface area contributed by atoms with Crippen molar-refractivity contribution >= 4 is 0 Å². The molecule has 0 aliphatic heterocycles. The van der Waals surface area contributed by atoms with Gasteiger partial charge in [0.25, 0.3) is 0 Å². The van der Waals surface area contributed by atoms with E-state index in [1.807, 2.05) is 0 Å². The van der Waals surface area contributed by atoms with Gasteiger partial charge in [-0.25, -0.2) is 0 Å². The lowest BCUT2D eigenvalue weighted by Crippen LogP contribution is -2.21. The first kappa shape index (κ1) is 15.6. The monoisotopic (exact) mass is 282 g/mol. The Morgan fingerprint density at radius 3 is 2.48 bits per heavy atom. The zero-order valence-electron chi connectivity index (χ0n) is 13.2. The van der Waals surface area contributed by atoms with Crippen LogP contribution in [0.3, 0.4) is 0 Å². The molecule has 0 saturated carbocycles. The van der Waals surface area contributed by atoms with E-state index in [2.05, 4.69) is 61.9 Å². The molecule has 0 spiro atoms. The first-order valence-electron chi connectivity index (χ1n) is 7.69. The first-order valence-corrected chi connectivity index (χ1v) is 7.69. The van der Waals surface area contributed by atoms with Crippen LogP contribution in [-0.2, 0) is 13.0 Å². The summed E-state index contributed by atoms with van der Waals surface area (Å²) in [6, 6.07) is 8.90. The fraction of sp³-hybridized carbons (Fsp3) is 0.368. The summed E-state index contributed by atoms with van der Waals surface area (Å²) in [5, 5.41) is 0. The van der Waals surface area contributed by atoms with E-state index >= 15 is 0 Å². The van der Waals surface area contributed by atoms with Crippen molar-refractivity contribution < 1.29 is 0 Å². The summed E-state index contributed by atoms with van der Waals surface area (Å²) < 4.78 is 0. The highest BCUT2D eigenvalue weighted by Crippen LogP contribution is 2.21. The molecule has 0 saturated heterocycles. The third-order valence-electron chi connectivity index (χ3n) is 3.93. The SMILES string of the molecule is C=C(N)C1=CC(CN(C)Cc2ccc(CC)cc2)=CCC1. The van der Waals surface area contributed by atoms with Crippen LogP contribution < -0.4 is 5.73 Å². The maximum absolute atomic E-state index is 5.81. The van der Waals surface area contributed by atoms with Crippen LogP contribution in [0.2, 0.25) is 0 Å². The Morgan fingerprint density at radius 1 is 1.19 bits per heavy atom. The molecular weight excluding hydrogens is 256 g/mol. The van der Waals surface area contributed by atoms with Crippen molar-refractivity contribution in [1.82, 2.24) is 4.90 Å². The smallest absolute Gasteiger partial charge is 0.0273 e. The molecule has 0 fully saturated rings. The number of nitrogens with two attached hydrogens (primary N) is 1. The van der Waals surface area contributed by atoms with Gasteiger partial charge in [0, 0.05) is 18.8 Å². The predicted octanol–water partition coefficient (Wildman–Crippen LogP) is 3.80. The van der Waals surface area contributed by atoms with E-state index in [1.165, 1.54) is 22.3 Å². The molecule has 0 atom stereocenters. The number of aryl methyl sites for hydroxylation is 1. The van der Waals surface area contributed by atoms with Gasteiger partial charge in [0.05, 0.1) is 0 Å². The van der Waals surface area contributed by atoms with Crippen LogP contribution >= 0.6 is 0 Å². The van der Waals surface area contributed by atoms with Gasteiger partial charge < -0.3 is 5.73 Å². The molecule has 1 aromatic rings.